The zero-order valence-corrected chi connectivity index (χ0v) is 18.3. The summed E-state index contributed by atoms with van der Waals surface area (Å²) in [6.45, 7) is 7.00. The lowest BCUT2D eigenvalue weighted by Gasteiger charge is -2.50. The number of aryl methyl sites for hydroxylation is 2. The summed E-state index contributed by atoms with van der Waals surface area (Å²) in [5.41, 5.74) is 4.46. The van der Waals surface area contributed by atoms with Crippen LogP contribution in [0, 0.1) is 30.1 Å². The highest BCUT2D eigenvalue weighted by Gasteiger charge is 2.53. The topological polar surface area (TPSA) is 42.4 Å². The van der Waals surface area contributed by atoms with Gasteiger partial charge < -0.3 is 9.84 Å². The van der Waals surface area contributed by atoms with E-state index in [0.717, 1.165) is 29.9 Å². The number of phenolic OH excluding ortho intramolecular Hbond substituents is 1. The Hall–Kier alpha value is -2.03. The molecular formula is C26H35NO2. The van der Waals surface area contributed by atoms with Gasteiger partial charge in [0.15, 0.2) is 11.5 Å². The predicted octanol–water partition coefficient (Wildman–Crippen LogP) is 6.28. The molecule has 1 heterocycles. The number of rotatable bonds is 1. The first-order valence-electron chi connectivity index (χ1n) is 11.2. The summed E-state index contributed by atoms with van der Waals surface area (Å²) >= 11 is 0. The van der Waals surface area contributed by atoms with E-state index in [1.165, 1.54) is 43.2 Å². The van der Waals surface area contributed by atoms with Crippen LogP contribution in [0.4, 0.5) is 0 Å². The third kappa shape index (κ3) is 3.65. The standard InChI is InChI=1S/C20H28O2.C6H7N/c1-12-4-7-17-15-6-5-13-10-18(21)19(22-3)11-16(13)14(15)8-9-20(12,17)2;1-6-4-2-3-5-7-6/h10-12,14-15,17,21H,4-9H2,1-3H3;2-5H,1H3. The fourth-order valence-corrected chi connectivity index (χ4v) is 6.46. The number of aromatic hydroxyl groups is 1. The van der Waals surface area contributed by atoms with E-state index in [4.69, 9.17) is 4.74 Å². The lowest BCUT2D eigenvalue weighted by atomic mass is 9.54. The Morgan fingerprint density at radius 1 is 1.14 bits per heavy atom. The van der Waals surface area contributed by atoms with Crippen LogP contribution in [0.5, 0.6) is 11.5 Å². The third-order valence-electron chi connectivity index (χ3n) is 8.31. The van der Waals surface area contributed by atoms with Crippen LogP contribution in [0.25, 0.3) is 0 Å². The molecule has 3 aliphatic carbocycles. The predicted molar refractivity (Wildman–Crippen MR) is 117 cm³/mol. The summed E-state index contributed by atoms with van der Waals surface area (Å²) in [4.78, 5) is 3.98. The molecule has 0 amide bonds. The van der Waals surface area contributed by atoms with E-state index >= 15 is 0 Å². The van der Waals surface area contributed by atoms with Crippen molar-refractivity contribution in [2.75, 3.05) is 7.11 Å². The van der Waals surface area contributed by atoms with Crippen LogP contribution in [0.15, 0.2) is 36.5 Å². The fraction of sp³-hybridized carbons (Fsp3) is 0.577. The van der Waals surface area contributed by atoms with Crippen LogP contribution in [0.1, 0.15) is 68.7 Å². The molecule has 5 unspecified atom stereocenters. The van der Waals surface area contributed by atoms with Gasteiger partial charge in [-0.05, 0) is 110 Å². The molecule has 156 valence electrons. The second-order valence-electron chi connectivity index (χ2n) is 9.63. The van der Waals surface area contributed by atoms with Crippen LogP contribution >= 0.6 is 0 Å². The van der Waals surface area contributed by atoms with Crippen LogP contribution in [-0.4, -0.2) is 17.2 Å². The monoisotopic (exact) mass is 393 g/mol. The van der Waals surface area contributed by atoms with Gasteiger partial charge in [-0.3, -0.25) is 4.98 Å². The number of phenols is 1. The van der Waals surface area contributed by atoms with Gasteiger partial charge in [-0.1, -0.05) is 19.9 Å². The summed E-state index contributed by atoms with van der Waals surface area (Å²) in [5, 5.41) is 10.1. The average Bonchev–Trinajstić information content (AvgIpc) is 3.03. The van der Waals surface area contributed by atoms with Crippen molar-refractivity contribution < 1.29 is 9.84 Å². The van der Waals surface area contributed by atoms with Crippen molar-refractivity contribution in [2.45, 2.75) is 65.2 Å². The number of hydrogen-bond donors (Lipinski definition) is 1. The Bertz CT molecular complexity index is 849. The molecule has 2 aromatic rings. The second-order valence-corrected chi connectivity index (χ2v) is 9.63. The van der Waals surface area contributed by atoms with Crippen molar-refractivity contribution in [1.82, 2.24) is 4.98 Å². The zero-order valence-electron chi connectivity index (χ0n) is 18.3. The van der Waals surface area contributed by atoms with E-state index in [-0.39, 0.29) is 0 Å². The van der Waals surface area contributed by atoms with Gasteiger partial charge in [-0.25, -0.2) is 0 Å². The Morgan fingerprint density at radius 3 is 2.62 bits per heavy atom. The third-order valence-corrected chi connectivity index (χ3v) is 8.31. The first-order valence-corrected chi connectivity index (χ1v) is 11.2. The molecule has 0 spiro atoms. The molecule has 5 atom stereocenters. The lowest BCUT2D eigenvalue weighted by Crippen LogP contribution is -2.41. The van der Waals surface area contributed by atoms with Crippen molar-refractivity contribution >= 4 is 0 Å². The first-order chi connectivity index (χ1) is 13.9. The minimum Gasteiger partial charge on any atom is -0.504 e. The number of methoxy groups -OCH3 is 1. The molecule has 0 aliphatic heterocycles. The first kappa shape index (κ1) is 20.3. The fourth-order valence-electron chi connectivity index (χ4n) is 6.46. The van der Waals surface area contributed by atoms with Crippen LogP contribution < -0.4 is 4.74 Å². The van der Waals surface area contributed by atoms with E-state index in [1.807, 2.05) is 31.2 Å². The SMILES string of the molecule is COc1cc2c(cc1O)CCC1C2CCC2(C)C(C)CCC12.Cc1ccccn1. The number of benzene rings is 1. The van der Waals surface area contributed by atoms with Crippen molar-refractivity contribution in [3.05, 3.63) is 53.3 Å². The summed E-state index contributed by atoms with van der Waals surface area (Å²) < 4.78 is 5.36. The Morgan fingerprint density at radius 2 is 1.97 bits per heavy atom. The maximum atomic E-state index is 10.1. The minimum atomic E-state index is 0.301. The van der Waals surface area contributed by atoms with Crippen LogP contribution in [0.3, 0.4) is 0 Å². The largest absolute Gasteiger partial charge is 0.504 e. The Balaban J connectivity index is 0.000000249. The average molecular weight is 394 g/mol. The zero-order chi connectivity index (χ0) is 20.6. The van der Waals surface area contributed by atoms with E-state index in [1.54, 1.807) is 13.3 Å². The van der Waals surface area contributed by atoms with Gasteiger partial charge in [0.25, 0.3) is 0 Å². The second kappa shape index (κ2) is 8.01. The molecule has 2 fully saturated rings. The van der Waals surface area contributed by atoms with Gasteiger partial charge in [-0.2, -0.15) is 0 Å². The maximum Gasteiger partial charge on any atom is 0.160 e. The molecule has 1 aromatic heterocycles. The molecule has 0 bridgehead atoms. The quantitative estimate of drug-likeness (QED) is 0.620. The van der Waals surface area contributed by atoms with Crippen molar-refractivity contribution in [1.29, 1.82) is 0 Å². The minimum absolute atomic E-state index is 0.301. The number of pyridine rings is 1. The van der Waals surface area contributed by atoms with Gasteiger partial charge in [-0.15, -0.1) is 0 Å². The molecule has 5 rings (SSSR count). The maximum absolute atomic E-state index is 10.1. The van der Waals surface area contributed by atoms with Gasteiger partial charge in [0.2, 0.25) is 0 Å². The molecule has 3 nitrogen and oxygen atoms in total. The number of fused-ring (bicyclic) bond motifs is 5. The summed E-state index contributed by atoms with van der Waals surface area (Å²) in [6, 6.07) is 9.94. The van der Waals surface area contributed by atoms with Gasteiger partial charge in [0.05, 0.1) is 7.11 Å². The molecule has 0 saturated heterocycles. The van der Waals surface area contributed by atoms with E-state index < -0.39 is 0 Å². The van der Waals surface area contributed by atoms with Gasteiger partial charge in [0, 0.05) is 11.9 Å². The molecular weight excluding hydrogens is 358 g/mol. The van der Waals surface area contributed by atoms with Crippen LogP contribution in [-0.2, 0) is 6.42 Å². The van der Waals surface area contributed by atoms with Crippen molar-refractivity contribution in [3.8, 4) is 11.5 Å². The molecule has 3 aliphatic rings. The van der Waals surface area contributed by atoms with Crippen molar-refractivity contribution in [2.24, 2.45) is 23.2 Å². The van der Waals surface area contributed by atoms with Gasteiger partial charge in [0.1, 0.15) is 0 Å². The smallest absolute Gasteiger partial charge is 0.160 e. The number of nitrogens with zero attached hydrogens (tertiary/aromatic N) is 1. The van der Waals surface area contributed by atoms with E-state index in [2.05, 4.69) is 24.9 Å². The molecule has 3 heteroatoms. The van der Waals surface area contributed by atoms with Crippen LogP contribution in [0.2, 0.25) is 0 Å². The number of aromatic nitrogens is 1. The van der Waals surface area contributed by atoms with Crippen molar-refractivity contribution in [3.63, 3.8) is 0 Å². The summed E-state index contributed by atoms with van der Waals surface area (Å²) in [6.07, 6.45) is 9.71. The van der Waals surface area contributed by atoms with E-state index in [0.29, 0.717) is 22.8 Å². The molecule has 0 radical (unpaired) electrons. The van der Waals surface area contributed by atoms with E-state index in [9.17, 15) is 5.11 Å². The Kier molecular flexibility index (Phi) is 5.59. The Labute approximate surface area is 175 Å². The molecule has 29 heavy (non-hydrogen) atoms. The normalized spacial score (nSPS) is 32.3. The number of hydrogen-bond acceptors (Lipinski definition) is 3. The highest BCUT2D eigenvalue weighted by Crippen LogP contribution is 2.63. The summed E-state index contributed by atoms with van der Waals surface area (Å²) in [5.74, 6) is 4.25. The molecule has 1 aromatic carbocycles. The molecule has 1 N–H and O–H groups in total. The van der Waals surface area contributed by atoms with Gasteiger partial charge >= 0.3 is 0 Å². The lowest BCUT2D eigenvalue weighted by molar-refractivity contribution is 0.0336. The molecule has 2 saturated carbocycles. The highest BCUT2D eigenvalue weighted by atomic mass is 16.5. The number of ether oxygens (including phenoxy) is 1. The highest BCUT2D eigenvalue weighted by molar-refractivity contribution is 5.49. The summed E-state index contributed by atoms with van der Waals surface area (Å²) in [7, 11) is 1.65.